The van der Waals surface area contributed by atoms with Crippen molar-refractivity contribution in [1.29, 1.82) is 0 Å². The van der Waals surface area contributed by atoms with E-state index in [1.165, 1.54) is 13.2 Å². The Balaban J connectivity index is 1.88. The summed E-state index contributed by atoms with van der Waals surface area (Å²) in [5.41, 5.74) is -0.104. The number of hydrogen-bond acceptors (Lipinski definition) is 4. The van der Waals surface area contributed by atoms with Gasteiger partial charge in [-0.3, -0.25) is 4.79 Å². The molecule has 5 nitrogen and oxygen atoms in total. The molecule has 6 heteroatoms. The average molecular weight is 332 g/mol. The molecule has 1 aromatic rings. The quantitative estimate of drug-likeness (QED) is 0.829. The summed E-state index contributed by atoms with van der Waals surface area (Å²) in [6.07, 6.45) is 4.77. The first-order chi connectivity index (χ1) is 9.20. The van der Waals surface area contributed by atoms with E-state index in [0.29, 0.717) is 18.9 Å². The van der Waals surface area contributed by atoms with Crippen LogP contribution in [0.5, 0.6) is 5.75 Å². The maximum Gasteiger partial charge on any atom is 0.254 e. The number of pyridine rings is 1. The van der Waals surface area contributed by atoms with E-state index in [-0.39, 0.29) is 11.8 Å². The molecular formula is C13H18BrNO4. The van der Waals surface area contributed by atoms with Crippen LogP contribution in [-0.2, 0) is 16.0 Å². The van der Waals surface area contributed by atoms with Crippen LogP contribution in [0.1, 0.15) is 19.3 Å². The highest BCUT2D eigenvalue weighted by Crippen LogP contribution is 2.21. The molecule has 0 N–H and O–H groups in total. The number of methoxy groups -OCH3 is 1. The molecule has 0 aliphatic carbocycles. The standard InChI is InChI=1S/C13H18BrNO4/c1-17-11-8-12(16)15(9-10(11)14)5-7-19-13-4-2-3-6-18-13/h8-9,13H,2-7H2,1H3/t13-/m0/s1. The number of hydrogen-bond donors (Lipinski definition) is 0. The maximum atomic E-state index is 11.8. The first-order valence-electron chi connectivity index (χ1n) is 6.38. The Morgan fingerprint density at radius 1 is 1.53 bits per heavy atom. The summed E-state index contributed by atoms with van der Waals surface area (Å²) in [4.78, 5) is 11.8. The van der Waals surface area contributed by atoms with E-state index in [4.69, 9.17) is 14.2 Å². The van der Waals surface area contributed by atoms with Crippen molar-refractivity contribution >= 4 is 15.9 Å². The number of halogens is 1. The van der Waals surface area contributed by atoms with Gasteiger partial charge in [-0.1, -0.05) is 0 Å². The van der Waals surface area contributed by atoms with E-state index in [1.807, 2.05) is 0 Å². The van der Waals surface area contributed by atoms with Crippen molar-refractivity contribution in [2.24, 2.45) is 0 Å². The molecule has 0 spiro atoms. The van der Waals surface area contributed by atoms with E-state index < -0.39 is 0 Å². The molecule has 0 bridgehead atoms. The summed E-state index contributed by atoms with van der Waals surface area (Å²) in [5.74, 6) is 0.540. The van der Waals surface area contributed by atoms with Gasteiger partial charge in [0.05, 0.1) is 18.2 Å². The Labute approximate surface area is 120 Å². The number of nitrogens with zero attached hydrogens (tertiary/aromatic N) is 1. The minimum atomic E-state index is -0.119. The summed E-state index contributed by atoms with van der Waals surface area (Å²) in [6, 6.07) is 1.46. The predicted molar refractivity (Wildman–Crippen MR) is 74.5 cm³/mol. The minimum Gasteiger partial charge on any atom is -0.495 e. The van der Waals surface area contributed by atoms with E-state index >= 15 is 0 Å². The van der Waals surface area contributed by atoms with Gasteiger partial charge in [0.1, 0.15) is 5.75 Å². The summed E-state index contributed by atoms with van der Waals surface area (Å²) < 4.78 is 18.5. The van der Waals surface area contributed by atoms with Gasteiger partial charge >= 0.3 is 0 Å². The fourth-order valence-corrected chi connectivity index (χ4v) is 2.51. The van der Waals surface area contributed by atoms with E-state index in [1.54, 1.807) is 10.8 Å². The highest BCUT2D eigenvalue weighted by atomic mass is 79.9. The molecule has 1 aliphatic heterocycles. The Bertz CT molecular complexity index is 468. The third kappa shape index (κ3) is 4.06. The largest absolute Gasteiger partial charge is 0.495 e. The van der Waals surface area contributed by atoms with Crippen molar-refractivity contribution in [2.75, 3.05) is 20.3 Å². The van der Waals surface area contributed by atoms with E-state index in [9.17, 15) is 4.79 Å². The van der Waals surface area contributed by atoms with Crippen LogP contribution in [-0.4, -0.2) is 31.2 Å². The van der Waals surface area contributed by atoms with Crippen molar-refractivity contribution in [1.82, 2.24) is 4.57 Å². The van der Waals surface area contributed by atoms with Crippen LogP contribution in [0, 0.1) is 0 Å². The molecule has 0 amide bonds. The Hall–Kier alpha value is -0.850. The Morgan fingerprint density at radius 2 is 2.37 bits per heavy atom. The molecule has 0 unspecified atom stereocenters. The lowest BCUT2D eigenvalue weighted by molar-refractivity contribution is -0.163. The average Bonchev–Trinajstić information content (AvgIpc) is 2.43. The molecule has 1 fully saturated rings. The molecule has 2 rings (SSSR count). The Morgan fingerprint density at radius 3 is 3.05 bits per heavy atom. The molecule has 1 aromatic heterocycles. The van der Waals surface area contributed by atoms with Crippen LogP contribution in [0.2, 0.25) is 0 Å². The molecule has 0 radical (unpaired) electrons. The lowest BCUT2D eigenvalue weighted by atomic mass is 10.2. The molecule has 106 valence electrons. The molecule has 0 saturated carbocycles. The molecule has 1 atom stereocenters. The van der Waals surface area contributed by atoms with Gasteiger partial charge in [-0.15, -0.1) is 0 Å². The van der Waals surface area contributed by atoms with Gasteiger partial charge in [-0.05, 0) is 35.2 Å². The third-order valence-corrected chi connectivity index (χ3v) is 3.63. The van der Waals surface area contributed by atoms with Crippen LogP contribution >= 0.6 is 15.9 Å². The zero-order valence-electron chi connectivity index (χ0n) is 10.9. The number of ether oxygens (including phenoxy) is 3. The highest BCUT2D eigenvalue weighted by molar-refractivity contribution is 9.10. The van der Waals surface area contributed by atoms with Gasteiger partial charge in [0.2, 0.25) is 0 Å². The van der Waals surface area contributed by atoms with Crippen LogP contribution in [0.4, 0.5) is 0 Å². The van der Waals surface area contributed by atoms with E-state index in [2.05, 4.69) is 15.9 Å². The van der Waals surface area contributed by atoms with Gasteiger partial charge in [-0.25, -0.2) is 0 Å². The lowest BCUT2D eigenvalue weighted by Gasteiger charge is -2.22. The van der Waals surface area contributed by atoms with Gasteiger partial charge in [0, 0.05) is 25.4 Å². The van der Waals surface area contributed by atoms with Gasteiger partial charge in [0.15, 0.2) is 6.29 Å². The van der Waals surface area contributed by atoms with Crippen molar-refractivity contribution < 1.29 is 14.2 Å². The van der Waals surface area contributed by atoms with Gasteiger partial charge in [-0.2, -0.15) is 0 Å². The molecule has 19 heavy (non-hydrogen) atoms. The smallest absolute Gasteiger partial charge is 0.254 e. The van der Waals surface area contributed by atoms with Crippen molar-refractivity contribution in [2.45, 2.75) is 32.1 Å². The summed E-state index contributed by atoms with van der Waals surface area (Å²) in [6.45, 7) is 1.73. The fraction of sp³-hybridized carbons (Fsp3) is 0.615. The molecule has 2 heterocycles. The number of rotatable bonds is 5. The van der Waals surface area contributed by atoms with Crippen LogP contribution in [0.3, 0.4) is 0 Å². The molecular weight excluding hydrogens is 314 g/mol. The normalized spacial score (nSPS) is 19.4. The minimum absolute atomic E-state index is 0.104. The zero-order chi connectivity index (χ0) is 13.7. The topological polar surface area (TPSA) is 49.7 Å². The highest BCUT2D eigenvalue weighted by Gasteiger charge is 2.13. The molecule has 1 aliphatic rings. The van der Waals surface area contributed by atoms with E-state index in [0.717, 1.165) is 30.3 Å². The maximum absolute atomic E-state index is 11.8. The second-order valence-corrected chi connectivity index (χ2v) is 5.24. The molecule has 0 aromatic carbocycles. The zero-order valence-corrected chi connectivity index (χ0v) is 12.5. The second kappa shape index (κ2) is 7.07. The first-order valence-corrected chi connectivity index (χ1v) is 7.17. The van der Waals surface area contributed by atoms with Gasteiger partial charge < -0.3 is 18.8 Å². The van der Waals surface area contributed by atoms with Crippen LogP contribution in [0.25, 0.3) is 0 Å². The summed E-state index contributed by atoms with van der Waals surface area (Å²) in [5, 5.41) is 0. The van der Waals surface area contributed by atoms with Crippen molar-refractivity contribution in [3.63, 3.8) is 0 Å². The van der Waals surface area contributed by atoms with Crippen LogP contribution in [0.15, 0.2) is 21.5 Å². The summed E-state index contributed by atoms with van der Waals surface area (Å²) in [7, 11) is 1.54. The van der Waals surface area contributed by atoms with Crippen molar-refractivity contribution in [3.05, 3.63) is 27.1 Å². The fourth-order valence-electron chi connectivity index (χ4n) is 1.98. The predicted octanol–water partition coefficient (Wildman–Crippen LogP) is 2.16. The summed E-state index contributed by atoms with van der Waals surface area (Å²) >= 11 is 3.36. The number of aromatic nitrogens is 1. The third-order valence-electron chi connectivity index (χ3n) is 3.04. The van der Waals surface area contributed by atoms with Gasteiger partial charge in [0.25, 0.3) is 5.56 Å². The van der Waals surface area contributed by atoms with Crippen molar-refractivity contribution in [3.8, 4) is 5.75 Å². The van der Waals surface area contributed by atoms with Crippen LogP contribution < -0.4 is 10.3 Å². The lowest BCUT2D eigenvalue weighted by Crippen LogP contribution is -2.26. The second-order valence-electron chi connectivity index (χ2n) is 4.39. The Kier molecular flexibility index (Phi) is 5.42. The molecule has 1 saturated heterocycles. The SMILES string of the molecule is COc1cc(=O)n(CCO[C@H]2CCCCO2)cc1Br. The monoisotopic (exact) mass is 331 g/mol. The first kappa shape index (κ1) is 14.6.